The molecule has 1 amide bonds. The highest BCUT2D eigenvalue weighted by Gasteiger charge is 2.24. The van der Waals surface area contributed by atoms with Crippen molar-refractivity contribution in [3.8, 4) is 22.9 Å². The van der Waals surface area contributed by atoms with Crippen LogP contribution in [0.5, 0.6) is 11.6 Å². The number of benzene rings is 1. The lowest BCUT2D eigenvalue weighted by molar-refractivity contribution is -0.137. The van der Waals surface area contributed by atoms with E-state index in [4.69, 9.17) is 19.2 Å². The number of rotatable bonds is 4. The zero-order valence-corrected chi connectivity index (χ0v) is 19.7. The highest BCUT2D eigenvalue weighted by Crippen LogP contribution is 2.36. The Kier molecular flexibility index (Phi) is 6.85. The first-order valence-electron chi connectivity index (χ1n) is 10.7. The van der Waals surface area contributed by atoms with E-state index in [0.29, 0.717) is 43.2 Å². The Morgan fingerprint density at radius 2 is 2.03 bits per heavy atom. The number of ether oxygens (including phenoxy) is 3. The van der Waals surface area contributed by atoms with Gasteiger partial charge in [-0.15, -0.1) is 0 Å². The Balaban J connectivity index is 0.00000259. The summed E-state index contributed by atoms with van der Waals surface area (Å²) in [6.45, 7) is 4.93. The van der Waals surface area contributed by atoms with Crippen molar-refractivity contribution in [2.24, 2.45) is 0 Å². The van der Waals surface area contributed by atoms with E-state index < -0.39 is 0 Å². The predicted octanol–water partition coefficient (Wildman–Crippen LogP) is 2.26. The van der Waals surface area contributed by atoms with E-state index in [1.807, 2.05) is 24.3 Å². The van der Waals surface area contributed by atoms with Crippen LogP contribution in [0.2, 0.25) is 0 Å². The third-order valence-corrected chi connectivity index (χ3v) is 5.77. The fourth-order valence-electron chi connectivity index (χ4n) is 3.99. The monoisotopic (exact) mass is 469 g/mol. The Morgan fingerprint density at radius 3 is 2.88 bits per heavy atom. The van der Waals surface area contributed by atoms with Crippen LogP contribution >= 0.6 is 13.5 Å². The first-order valence-corrected chi connectivity index (χ1v) is 10.7. The molecule has 0 saturated carbocycles. The van der Waals surface area contributed by atoms with Crippen LogP contribution in [0.4, 0.5) is 5.69 Å². The smallest absolute Gasteiger partial charge is 0.242 e. The van der Waals surface area contributed by atoms with Crippen molar-refractivity contribution in [1.29, 1.82) is 0 Å². The molecule has 2 aromatic heterocycles. The third kappa shape index (κ3) is 4.81. The molecule has 5 rings (SSSR count). The second-order valence-electron chi connectivity index (χ2n) is 7.96. The van der Waals surface area contributed by atoms with Gasteiger partial charge in [0, 0.05) is 38.5 Å². The van der Waals surface area contributed by atoms with E-state index in [-0.39, 0.29) is 32.1 Å². The number of nitrogens with zero attached hydrogens (tertiary/aromatic N) is 5. The van der Waals surface area contributed by atoms with Crippen molar-refractivity contribution in [3.05, 3.63) is 36.7 Å². The van der Waals surface area contributed by atoms with Crippen molar-refractivity contribution in [2.75, 3.05) is 51.4 Å². The number of pyridine rings is 1. The number of aromatic nitrogens is 3. The van der Waals surface area contributed by atoms with Gasteiger partial charge in [0.15, 0.2) is 5.52 Å². The van der Waals surface area contributed by atoms with Crippen LogP contribution in [-0.4, -0.2) is 78.4 Å². The number of morpholine rings is 1. The fourth-order valence-corrected chi connectivity index (χ4v) is 3.99. The SMILES string of the molecule is CC(=O)N1CCO[C@H](COc2nc(-c3ccc4c(c3)OCCN4C)cc3nccnc23)C1.S. The molecule has 174 valence electrons. The minimum Gasteiger partial charge on any atom is -0.490 e. The van der Waals surface area contributed by atoms with Gasteiger partial charge in [-0.1, -0.05) is 6.07 Å². The summed E-state index contributed by atoms with van der Waals surface area (Å²) in [5.41, 5.74) is 3.97. The summed E-state index contributed by atoms with van der Waals surface area (Å²) in [6.07, 6.45) is 3.04. The van der Waals surface area contributed by atoms with Crippen LogP contribution in [0.15, 0.2) is 36.7 Å². The Bertz CT molecular complexity index is 1160. The molecule has 0 N–H and O–H groups in total. The predicted molar refractivity (Wildman–Crippen MR) is 129 cm³/mol. The maximum atomic E-state index is 11.7. The number of amides is 1. The summed E-state index contributed by atoms with van der Waals surface area (Å²) >= 11 is 0. The Morgan fingerprint density at radius 1 is 1.18 bits per heavy atom. The van der Waals surface area contributed by atoms with Crippen LogP contribution in [-0.2, 0) is 9.53 Å². The van der Waals surface area contributed by atoms with Gasteiger partial charge in [-0.05, 0) is 18.2 Å². The maximum Gasteiger partial charge on any atom is 0.242 e. The van der Waals surface area contributed by atoms with Gasteiger partial charge < -0.3 is 24.0 Å². The molecular weight excluding hydrogens is 442 g/mol. The molecule has 1 atom stereocenters. The van der Waals surface area contributed by atoms with Crippen LogP contribution in [0, 0.1) is 0 Å². The largest absolute Gasteiger partial charge is 0.490 e. The molecule has 3 aromatic rings. The quantitative estimate of drug-likeness (QED) is 0.575. The number of hydrogen-bond acceptors (Lipinski definition) is 8. The summed E-state index contributed by atoms with van der Waals surface area (Å²) in [4.78, 5) is 29.3. The molecule has 0 unspecified atom stereocenters. The second-order valence-corrected chi connectivity index (χ2v) is 7.96. The normalized spacial score (nSPS) is 17.7. The number of carbonyl (C=O) groups is 1. The zero-order valence-electron chi connectivity index (χ0n) is 18.7. The zero-order chi connectivity index (χ0) is 22.1. The standard InChI is InChI=1S/C23H25N5O4.H2S/c1-15(29)28-8-10-30-17(13-28)14-32-23-22-19(24-5-6-25-22)12-18(26-23)16-3-4-20-21(11-16)31-9-7-27(20)2;/h3-6,11-12,17H,7-10,13-14H2,1-2H3;1H2/t17-;/m0./s1. The van der Waals surface area contributed by atoms with E-state index in [1.54, 1.807) is 24.2 Å². The van der Waals surface area contributed by atoms with Crippen LogP contribution < -0.4 is 14.4 Å². The summed E-state index contributed by atoms with van der Waals surface area (Å²) in [5, 5.41) is 0. The molecule has 9 nitrogen and oxygen atoms in total. The van der Waals surface area contributed by atoms with Gasteiger partial charge in [-0.3, -0.25) is 9.78 Å². The molecule has 4 heterocycles. The molecule has 1 aromatic carbocycles. The van der Waals surface area contributed by atoms with Gasteiger partial charge in [0.2, 0.25) is 11.8 Å². The van der Waals surface area contributed by atoms with Gasteiger partial charge >= 0.3 is 0 Å². The summed E-state index contributed by atoms with van der Waals surface area (Å²) in [7, 11) is 2.05. The van der Waals surface area contributed by atoms with Crippen LogP contribution in [0.1, 0.15) is 6.92 Å². The number of carbonyl (C=O) groups excluding carboxylic acids is 1. The fraction of sp³-hybridized carbons (Fsp3) is 0.391. The molecule has 33 heavy (non-hydrogen) atoms. The molecule has 2 aliphatic rings. The molecule has 1 saturated heterocycles. The minimum atomic E-state index is -0.225. The van der Waals surface area contributed by atoms with E-state index in [0.717, 1.165) is 29.2 Å². The number of likely N-dealkylation sites (N-methyl/N-ethyl adjacent to an activating group) is 1. The van der Waals surface area contributed by atoms with E-state index in [1.165, 1.54) is 0 Å². The average Bonchev–Trinajstić information content (AvgIpc) is 2.82. The summed E-state index contributed by atoms with van der Waals surface area (Å²) in [5.74, 6) is 1.26. The van der Waals surface area contributed by atoms with E-state index in [9.17, 15) is 4.79 Å². The van der Waals surface area contributed by atoms with Gasteiger partial charge in [0.25, 0.3) is 0 Å². The van der Waals surface area contributed by atoms with E-state index in [2.05, 4.69) is 21.9 Å². The lowest BCUT2D eigenvalue weighted by Crippen LogP contribution is -2.46. The maximum absolute atomic E-state index is 11.7. The van der Waals surface area contributed by atoms with Crippen LogP contribution in [0.25, 0.3) is 22.3 Å². The minimum absolute atomic E-state index is 0. The summed E-state index contributed by atoms with van der Waals surface area (Å²) in [6, 6.07) is 7.96. The molecular formula is C23H27N5O4S. The van der Waals surface area contributed by atoms with Crippen molar-refractivity contribution in [1.82, 2.24) is 19.9 Å². The van der Waals surface area contributed by atoms with Crippen molar-refractivity contribution in [2.45, 2.75) is 13.0 Å². The molecule has 0 bridgehead atoms. The van der Waals surface area contributed by atoms with Crippen molar-refractivity contribution in [3.63, 3.8) is 0 Å². The Labute approximate surface area is 199 Å². The molecule has 0 aliphatic carbocycles. The molecule has 2 aliphatic heterocycles. The van der Waals surface area contributed by atoms with Crippen molar-refractivity contribution >= 4 is 36.1 Å². The lowest BCUT2D eigenvalue weighted by atomic mass is 10.1. The number of fused-ring (bicyclic) bond motifs is 2. The number of hydrogen-bond donors (Lipinski definition) is 0. The second kappa shape index (κ2) is 9.80. The Hall–Kier alpha value is -3.11. The van der Waals surface area contributed by atoms with Gasteiger partial charge in [0.1, 0.15) is 25.1 Å². The first kappa shape index (κ1) is 23.1. The van der Waals surface area contributed by atoms with Crippen LogP contribution in [0.3, 0.4) is 0 Å². The van der Waals surface area contributed by atoms with E-state index >= 15 is 0 Å². The molecule has 10 heteroatoms. The van der Waals surface area contributed by atoms with Gasteiger partial charge in [-0.25, -0.2) is 9.97 Å². The highest BCUT2D eigenvalue weighted by atomic mass is 32.1. The number of anilines is 1. The van der Waals surface area contributed by atoms with Crippen molar-refractivity contribution < 1.29 is 19.0 Å². The highest BCUT2D eigenvalue weighted by molar-refractivity contribution is 7.59. The molecule has 0 radical (unpaired) electrons. The molecule has 0 spiro atoms. The lowest BCUT2D eigenvalue weighted by Gasteiger charge is -2.32. The third-order valence-electron chi connectivity index (χ3n) is 5.77. The first-order chi connectivity index (χ1) is 15.6. The summed E-state index contributed by atoms with van der Waals surface area (Å²) < 4.78 is 17.7. The van der Waals surface area contributed by atoms with Gasteiger partial charge in [-0.2, -0.15) is 13.5 Å². The molecule has 1 fully saturated rings. The van der Waals surface area contributed by atoms with Gasteiger partial charge in [0.05, 0.1) is 36.6 Å². The topological polar surface area (TPSA) is 89.9 Å². The average molecular weight is 470 g/mol.